The van der Waals surface area contributed by atoms with Gasteiger partial charge in [0.25, 0.3) is 5.91 Å². The Balaban J connectivity index is 1.55. The molecule has 0 saturated carbocycles. The van der Waals surface area contributed by atoms with Crippen molar-refractivity contribution in [3.63, 3.8) is 0 Å². The zero-order valence-corrected chi connectivity index (χ0v) is 14.9. The Labute approximate surface area is 164 Å². The van der Waals surface area contributed by atoms with Gasteiger partial charge in [0, 0.05) is 22.7 Å². The van der Waals surface area contributed by atoms with Gasteiger partial charge in [0.1, 0.15) is 5.69 Å². The van der Waals surface area contributed by atoms with Gasteiger partial charge in [0.15, 0.2) is 0 Å². The molecule has 0 aliphatic heterocycles. The molecule has 0 aliphatic rings. The quantitative estimate of drug-likeness (QED) is 0.495. The fourth-order valence-corrected chi connectivity index (χ4v) is 2.89. The lowest BCUT2D eigenvalue weighted by atomic mass is 10.0. The first-order valence-corrected chi connectivity index (χ1v) is 8.70. The molecular weight excluding hydrogens is 379 g/mol. The summed E-state index contributed by atoms with van der Waals surface area (Å²) in [5, 5.41) is 3.42. The molecule has 4 nitrogen and oxygen atoms in total. The average molecular weight is 393 g/mol. The van der Waals surface area contributed by atoms with Gasteiger partial charge in [-0.1, -0.05) is 36.4 Å². The number of pyridine rings is 2. The third-order valence-corrected chi connectivity index (χ3v) is 4.37. The number of anilines is 1. The normalized spacial score (nSPS) is 11.4. The van der Waals surface area contributed by atoms with Crippen LogP contribution in [0.25, 0.3) is 22.0 Å². The van der Waals surface area contributed by atoms with Gasteiger partial charge >= 0.3 is 6.18 Å². The molecule has 4 rings (SSSR count). The SMILES string of the molecule is O=C(Nc1ccc(C(F)(F)F)nc1)c1ccc2cc(-c3ccccc3)cnc2c1. The number of hydrogen-bond donors (Lipinski definition) is 1. The van der Waals surface area contributed by atoms with E-state index in [0.29, 0.717) is 11.1 Å². The molecule has 0 saturated heterocycles. The molecular formula is C22H14F3N3O. The number of aromatic nitrogens is 2. The smallest absolute Gasteiger partial charge is 0.321 e. The Morgan fingerprint density at radius 2 is 1.62 bits per heavy atom. The van der Waals surface area contributed by atoms with E-state index >= 15 is 0 Å². The number of nitrogens with zero attached hydrogens (tertiary/aromatic N) is 2. The third kappa shape index (κ3) is 4.08. The zero-order valence-electron chi connectivity index (χ0n) is 14.9. The van der Waals surface area contributed by atoms with E-state index in [9.17, 15) is 18.0 Å². The van der Waals surface area contributed by atoms with Crippen LogP contribution in [0.2, 0.25) is 0 Å². The Morgan fingerprint density at radius 1 is 0.828 bits per heavy atom. The van der Waals surface area contributed by atoms with Crippen molar-refractivity contribution in [2.75, 3.05) is 5.32 Å². The molecule has 0 bridgehead atoms. The summed E-state index contributed by atoms with van der Waals surface area (Å²) in [7, 11) is 0. The Hall–Kier alpha value is -3.74. The van der Waals surface area contributed by atoms with Gasteiger partial charge in [0.2, 0.25) is 0 Å². The third-order valence-electron chi connectivity index (χ3n) is 4.37. The van der Waals surface area contributed by atoms with Crippen molar-refractivity contribution >= 4 is 22.5 Å². The van der Waals surface area contributed by atoms with Crippen LogP contribution in [0.3, 0.4) is 0 Å². The van der Waals surface area contributed by atoms with Crippen LogP contribution < -0.4 is 5.32 Å². The van der Waals surface area contributed by atoms with Crippen LogP contribution in [0.15, 0.2) is 79.1 Å². The van der Waals surface area contributed by atoms with Crippen molar-refractivity contribution in [1.29, 1.82) is 0 Å². The minimum atomic E-state index is -4.52. The molecule has 7 heteroatoms. The number of rotatable bonds is 3. The summed E-state index contributed by atoms with van der Waals surface area (Å²) >= 11 is 0. The number of alkyl halides is 3. The first-order chi connectivity index (χ1) is 13.9. The summed E-state index contributed by atoms with van der Waals surface area (Å²) < 4.78 is 37.7. The number of amides is 1. The highest BCUT2D eigenvalue weighted by Crippen LogP contribution is 2.28. The summed E-state index contributed by atoms with van der Waals surface area (Å²) in [6, 6.07) is 18.9. The molecule has 0 aliphatic carbocycles. The molecule has 4 aromatic rings. The van der Waals surface area contributed by atoms with Crippen molar-refractivity contribution < 1.29 is 18.0 Å². The number of hydrogen-bond acceptors (Lipinski definition) is 3. The van der Waals surface area contributed by atoms with Crippen molar-refractivity contribution in [1.82, 2.24) is 9.97 Å². The minimum Gasteiger partial charge on any atom is -0.321 e. The second-order valence-corrected chi connectivity index (χ2v) is 6.38. The zero-order chi connectivity index (χ0) is 20.4. The topological polar surface area (TPSA) is 54.9 Å². The van der Waals surface area contributed by atoms with E-state index in [0.717, 1.165) is 28.8 Å². The number of fused-ring (bicyclic) bond motifs is 1. The van der Waals surface area contributed by atoms with Gasteiger partial charge in [-0.05, 0) is 35.9 Å². The average Bonchev–Trinajstić information content (AvgIpc) is 2.73. The van der Waals surface area contributed by atoms with Crippen molar-refractivity contribution in [2.24, 2.45) is 0 Å². The molecule has 0 radical (unpaired) electrons. The van der Waals surface area contributed by atoms with Crippen LogP contribution in [0.1, 0.15) is 16.1 Å². The number of carbonyl (C=O) groups excluding carboxylic acids is 1. The van der Waals surface area contributed by atoms with E-state index in [1.165, 1.54) is 6.07 Å². The lowest BCUT2D eigenvalue weighted by Crippen LogP contribution is -2.13. The Bertz CT molecular complexity index is 1170. The molecule has 1 amide bonds. The van der Waals surface area contributed by atoms with E-state index in [1.807, 2.05) is 36.4 Å². The molecule has 0 unspecified atom stereocenters. The predicted octanol–water partition coefficient (Wildman–Crippen LogP) is 5.57. The number of halogens is 3. The second kappa shape index (κ2) is 7.35. The van der Waals surface area contributed by atoms with Crippen LogP contribution in [0, 0.1) is 0 Å². The lowest BCUT2D eigenvalue weighted by Gasteiger charge is -2.09. The first kappa shape index (κ1) is 18.6. The van der Waals surface area contributed by atoms with Crippen LogP contribution >= 0.6 is 0 Å². The van der Waals surface area contributed by atoms with E-state index in [-0.39, 0.29) is 5.69 Å². The summed E-state index contributed by atoms with van der Waals surface area (Å²) in [6.45, 7) is 0. The summed E-state index contributed by atoms with van der Waals surface area (Å²) in [6.07, 6.45) is -1.81. The molecule has 29 heavy (non-hydrogen) atoms. The first-order valence-electron chi connectivity index (χ1n) is 8.70. The van der Waals surface area contributed by atoms with Crippen molar-refractivity contribution in [3.8, 4) is 11.1 Å². The number of nitrogens with one attached hydrogen (secondary N) is 1. The highest BCUT2D eigenvalue weighted by atomic mass is 19.4. The van der Waals surface area contributed by atoms with Gasteiger partial charge in [0.05, 0.1) is 17.4 Å². The Morgan fingerprint density at radius 3 is 2.31 bits per heavy atom. The Kier molecular flexibility index (Phi) is 4.72. The molecule has 144 valence electrons. The summed E-state index contributed by atoms with van der Waals surface area (Å²) in [5.74, 6) is -0.456. The van der Waals surface area contributed by atoms with E-state index in [4.69, 9.17) is 0 Å². The van der Waals surface area contributed by atoms with E-state index < -0.39 is 17.8 Å². The van der Waals surface area contributed by atoms with Crippen LogP contribution in [-0.2, 0) is 6.18 Å². The van der Waals surface area contributed by atoms with Gasteiger partial charge in [-0.25, -0.2) is 4.98 Å². The van der Waals surface area contributed by atoms with Crippen molar-refractivity contribution in [2.45, 2.75) is 6.18 Å². The number of carbonyl (C=O) groups is 1. The van der Waals surface area contributed by atoms with Gasteiger partial charge in [-0.3, -0.25) is 9.78 Å². The molecule has 2 aromatic carbocycles. The van der Waals surface area contributed by atoms with Crippen LogP contribution in [0.5, 0.6) is 0 Å². The van der Waals surface area contributed by atoms with E-state index in [1.54, 1.807) is 24.4 Å². The maximum atomic E-state index is 12.6. The van der Waals surface area contributed by atoms with E-state index in [2.05, 4.69) is 15.3 Å². The highest BCUT2D eigenvalue weighted by Gasteiger charge is 2.32. The van der Waals surface area contributed by atoms with Gasteiger partial charge in [-0.15, -0.1) is 0 Å². The fraction of sp³-hybridized carbons (Fsp3) is 0.0455. The van der Waals surface area contributed by atoms with Gasteiger partial charge < -0.3 is 5.32 Å². The fourth-order valence-electron chi connectivity index (χ4n) is 2.89. The minimum absolute atomic E-state index is 0.176. The monoisotopic (exact) mass is 393 g/mol. The van der Waals surface area contributed by atoms with Crippen LogP contribution in [-0.4, -0.2) is 15.9 Å². The maximum absolute atomic E-state index is 12.6. The second-order valence-electron chi connectivity index (χ2n) is 6.38. The van der Waals surface area contributed by atoms with Gasteiger partial charge in [-0.2, -0.15) is 13.2 Å². The largest absolute Gasteiger partial charge is 0.433 e. The van der Waals surface area contributed by atoms with Crippen LogP contribution in [0.4, 0.5) is 18.9 Å². The standard InChI is InChI=1S/C22H14F3N3O/c23-22(24,25)20-9-8-18(13-27-20)28-21(29)16-7-6-15-10-17(12-26-19(15)11-16)14-4-2-1-3-5-14/h1-13H,(H,28,29). The molecule has 1 N–H and O–H groups in total. The number of benzene rings is 2. The van der Waals surface area contributed by atoms with Crippen molar-refractivity contribution in [3.05, 3.63) is 90.4 Å². The lowest BCUT2D eigenvalue weighted by molar-refractivity contribution is -0.141. The predicted molar refractivity (Wildman–Crippen MR) is 104 cm³/mol. The molecule has 2 heterocycles. The molecule has 2 aromatic heterocycles. The maximum Gasteiger partial charge on any atom is 0.433 e. The molecule has 0 atom stereocenters. The highest BCUT2D eigenvalue weighted by molar-refractivity contribution is 6.06. The summed E-state index contributed by atoms with van der Waals surface area (Å²) in [5.41, 5.74) is 2.15. The molecule has 0 fully saturated rings. The molecule has 0 spiro atoms. The summed E-state index contributed by atoms with van der Waals surface area (Å²) in [4.78, 5) is 20.2.